The number of aromatic nitrogens is 2. The fraction of sp³-hybridized carbons (Fsp3) is 0.800. The van der Waals surface area contributed by atoms with E-state index in [1.165, 1.54) is 25.7 Å². The molecular weight excluding hydrogens is 178 g/mol. The lowest BCUT2D eigenvalue weighted by Crippen LogP contribution is -2.06. The highest BCUT2D eigenvalue weighted by atomic mass is 16.5. The van der Waals surface area contributed by atoms with Gasteiger partial charge in [-0.15, -0.1) is 0 Å². The van der Waals surface area contributed by atoms with Crippen molar-refractivity contribution in [3.05, 3.63) is 11.7 Å². The van der Waals surface area contributed by atoms with Crippen LogP contribution in [0.1, 0.15) is 37.4 Å². The molecule has 4 nitrogen and oxygen atoms in total. The molecule has 1 heterocycles. The van der Waals surface area contributed by atoms with Crippen LogP contribution in [0.2, 0.25) is 0 Å². The Morgan fingerprint density at radius 1 is 1.43 bits per heavy atom. The molecule has 0 atom stereocenters. The molecule has 0 spiro atoms. The van der Waals surface area contributed by atoms with Gasteiger partial charge in [-0.1, -0.05) is 18.0 Å². The molecule has 78 valence electrons. The van der Waals surface area contributed by atoms with Crippen molar-refractivity contribution >= 4 is 0 Å². The minimum Gasteiger partial charge on any atom is -0.339 e. The van der Waals surface area contributed by atoms with Crippen molar-refractivity contribution in [2.75, 3.05) is 7.05 Å². The molecule has 0 amide bonds. The molecule has 0 aromatic carbocycles. The van der Waals surface area contributed by atoms with Gasteiger partial charge in [0.1, 0.15) is 0 Å². The molecule has 0 bridgehead atoms. The smallest absolute Gasteiger partial charge is 0.226 e. The van der Waals surface area contributed by atoms with Gasteiger partial charge in [-0.2, -0.15) is 4.98 Å². The first-order valence-electron chi connectivity index (χ1n) is 5.34. The van der Waals surface area contributed by atoms with E-state index in [0.29, 0.717) is 6.54 Å². The zero-order chi connectivity index (χ0) is 9.80. The summed E-state index contributed by atoms with van der Waals surface area (Å²) < 4.78 is 5.18. The fourth-order valence-corrected chi connectivity index (χ4v) is 2.06. The maximum Gasteiger partial charge on any atom is 0.226 e. The molecule has 1 aromatic rings. The average Bonchev–Trinajstić information content (AvgIpc) is 2.79. The lowest BCUT2D eigenvalue weighted by molar-refractivity contribution is 0.349. The van der Waals surface area contributed by atoms with Crippen molar-refractivity contribution < 1.29 is 4.52 Å². The lowest BCUT2D eigenvalue weighted by atomic mass is 10.0. The zero-order valence-corrected chi connectivity index (χ0v) is 8.62. The van der Waals surface area contributed by atoms with Gasteiger partial charge < -0.3 is 9.84 Å². The zero-order valence-electron chi connectivity index (χ0n) is 8.62. The normalized spacial score (nSPS) is 17.8. The number of rotatable bonds is 4. The molecule has 0 saturated heterocycles. The molecular formula is C10H17N3O. The maximum atomic E-state index is 5.18. The summed E-state index contributed by atoms with van der Waals surface area (Å²) in [7, 11) is 1.88. The number of nitrogens with zero attached hydrogens (tertiary/aromatic N) is 2. The largest absolute Gasteiger partial charge is 0.339 e. The van der Waals surface area contributed by atoms with Crippen LogP contribution in [0.4, 0.5) is 0 Å². The second kappa shape index (κ2) is 4.55. The Kier molecular flexibility index (Phi) is 3.14. The second-order valence-electron chi connectivity index (χ2n) is 3.99. The van der Waals surface area contributed by atoms with Gasteiger partial charge in [-0.05, 0) is 25.8 Å². The van der Waals surface area contributed by atoms with E-state index >= 15 is 0 Å². The van der Waals surface area contributed by atoms with Crippen molar-refractivity contribution in [3.8, 4) is 0 Å². The molecule has 0 unspecified atom stereocenters. The van der Waals surface area contributed by atoms with Crippen molar-refractivity contribution in [1.82, 2.24) is 15.5 Å². The summed E-state index contributed by atoms with van der Waals surface area (Å²) in [5.41, 5.74) is 0. The van der Waals surface area contributed by atoms with E-state index in [9.17, 15) is 0 Å². The third-order valence-corrected chi connectivity index (χ3v) is 2.78. The fourth-order valence-electron chi connectivity index (χ4n) is 2.06. The molecule has 2 rings (SSSR count). The summed E-state index contributed by atoms with van der Waals surface area (Å²) in [6.07, 6.45) is 6.34. The van der Waals surface area contributed by atoms with E-state index in [4.69, 9.17) is 4.52 Å². The van der Waals surface area contributed by atoms with Gasteiger partial charge in [0.2, 0.25) is 5.89 Å². The first-order valence-corrected chi connectivity index (χ1v) is 5.34. The Morgan fingerprint density at radius 2 is 2.21 bits per heavy atom. The van der Waals surface area contributed by atoms with E-state index in [0.717, 1.165) is 24.1 Å². The van der Waals surface area contributed by atoms with Gasteiger partial charge in [0.05, 0.1) is 6.54 Å². The molecule has 1 aliphatic rings. The number of hydrogen-bond donors (Lipinski definition) is 1. The third-order valence-electron chi connectivity index (χ3n) is 2.78. The maximum absolute atomic E-state index is 5.18. The minimum absolute atomic E-state index is 0.689. The predicted octanol–water partition coefficient (Wildman–Crippen LogP) is 1.52. The Hall–Kier alpha value is -0.900. The molecule has 0 radical (unpaired) electrons. The molecule has 1 aliphatic carbocycles. The molecule has 4 heteroatoms. The highest BCUT2D eigenvalue weighted by molar-refractivity contribution is 4.88. The monoisotopic (exact) mass is 195 g/mol. The van der Waals surface area contributed by atoms with Crippen LogP contribution < -0.4 is 5.32 Å². The van der Waals surface area contributed by atoms with Crippen molar-refractivity contribution in [2.24, 2.45) is 5.92 Å². The Labute approximate surface area is 84.1 Å². The predicted molar refractivity (Wildman–Crippen MR) is 52.7 cm³/mol. The van der Waals surface area contributed by atoms with Gasteiger partial charge in [-0.25, -0.2) is 0 Å². The number of hydrogen-bond acceptors (Lipinski definition) is 4. The van der Waals surface area contributed by atoms with Gasteiger partial charge in [0, 0.05) is 6.42 Å². The Bertz CT molecular complexity index is 279. The summed E-state index contributed by atoms with van der Waals surface area (Å²) in [6, 6.07) is 0. The quantitative estimate of drug-likeness (QED) is 0.791. The third kappa shape index (κ3) is 2.32. The van der Waals surface area contributed by atoms with Crippen LogP contribution >= 0.6 is 0 Å². The van der Waals surface area contributed by atoms with Crippen LogP contribution in [0.15, 0.2) is 4.52 Å². The van der Waals surface area contributed by atoms with Crippen molar-refractivity contribution in [3.63, 3.8) is 0 Å². The molecule has 1 N–H and O–H groups in total. The first-order chi connectivity index (χ1) is 6.88. The highest BCUT2D eigenvalue weighted by Crippen LogP contribution is 2.27. The number of nitrogens with one attached hydrogen (secondary N) is 1. The van der Waals surface area contributed by atoms with Gasteiger partial charge in [0.15, 0.2) is 5.82 Å². The van der Waals surface area contributed by atoms with Gasteiger partial charge >= 0.3 is 0 Å². The van der Waals surface area contributed by atoms with E-state index in [1.54, 1.807) is 0 Å². The van der Waals surface area contributed by atoms with E-state index < -0.39 is 0 Å². The SMILES string of the molecule is CNCc1noc(CC2CCCC2)n1. The standard InChI is InChI=1S/C10H17N3O/c1-11-7-9-12-10(14-13-9)6-8-4-2-3-5-8/h8,11H,2-7H2,1H3. The van der Waals surface area contributed by atoms with Crippen molar-refractivity contribution in [2.45, 2.75) is 38.6 Å². The van der Waals surface area contributed by atoms with Crippen LogP contribution in [0.5, 0.6) is 0 Å². The Balaban J connectivity index is 1.88. The summed E-state index contributed by atoms with van der Waals surface area (Å²) in [5.74, 6) is 2.35. The summed E-state index contributed by atoms with van der Waals surface area (Å²) in [4.78, 5) is 4.32. The molecule has 1 fully saturated rings. The van der Waals surface area contributed by atoms with Crippen LogP contribution in [-0.4, -0.2) is 17.2 Å². The van der Waals surface area contributed by atoms with Crippen molar-refractivity contribution in [1.29, 1.82) is 0 Å². The second-order valence-corrected chi connectivity index (χ2v) is 3.99. The first kappa shape index (κ1) is 9.65. The molecule has 0 aliphatic heterocycles. The molecule has 14 heavy (non-hydrogen) atoms. The van der Waals surface area contributed by atoms with Crippen LogP contribution in [0, 0.1) is 5.92 Å². The van der Waals surface area contributed by atoms with E-state index in [2.05, 4.69) is 15.5 Å². The van der Waals surface area contributed by atoms with Crippen LogP contribution in [0.3, 0.4) is 0 Å². The summed E-state index contributed by atoms with van der Waals surface area (Å²) in [5, 5.41) is 6.91. The van der Waals surface area contributed by atoms with E-state index in [-0.39, 0.29) is 0 Å². The molecule has 1 aromatic heterocycles. The van der Waals surface area contributed by atoms with Gasteiger partial charge in [0.25, 0.3) is 0 Å². The topological polar surface area (TPSA) is 51.0 Å². The molecule has 1 saturated carbocycles. The summed E-state index contributed by atoms with van der Waals surface area (Å²) in [6.45, 7) is 0.689. The van der Waals surface area contributed by atoms with Gasteiger partial charge in [-0.3, -0.25) is 0 Å². The van der Waals surface area contributed by atoms with Crippen LogP contribution in [0.25, 0.3) is 0 Å². The highest BCUT2D eigenvalue weighted by Gasteiger charge is 2.18. The van der Waals surface area contributed by atoms with E-state index in [1.807, 2.05) is 7.05 Å². The Morgan fingerprint density at radius 3 is 2.93 bits per heavy atom. The average molecular weight is 195 g/mol. The van der Waals surface area contributed by atoms with Crippen LogP contribution in [-0.2, 0) is 13.0 Å². The minimum atomic E-state index is 0.689. The lowest BCUT2D eigenvalue weighted by Gasteiger charge is -2.02. The summed E-state index contributed by atoms with van der Waals surface area (Å²) >= 11 is 0.